The second-order valence-electron chi connectivity index (χ2n) is 13.9. The maximum Gasteiger partial charge on any atom is 0.131 e. The molecular formula is C47H34N4. The lowest BCUT2D eigenvalue weighted by atomic mass is 9.86. The molecule has 0 bridgehead atoms. The van der Waals surface area contributed by atoms with Crippen LogP contribution in [0.15, 0.2) is 181 Å². The number of hydrogen-bond acceptors (Lipinski definition) is 2. The summed E-state index contributed by atoms with van der Waals surface area (Å²) in [5.74, 6) is 1.14. The van der Waals surface area contributed by atoms with Crippen LogP contribution in [0.2, 0.25) is 0 Å². The molecule has 0 N–H and O–H groups in total. The van der Waals surface area contributed by atoms with E-state index < -0.39 is 0 Å². The van der Waals surface area contributed by atoms with Crippen molar-refractivity contribution in [3.8, 4) is 16.8 Å². The lowest BCUT2D eigenvalue weighted by Crippen LogP contribution is -2.52. The maximum absolute atomic E-state index is 5.58. The normalized spacial score (nSPS) is 18.7. The molecule has 4 heteroatoms. The highest BCUT2D eigenvalue weighted by Crippen LogP contribution is 2.51. The van der Waals surface area contributed by atoms with Crippen LogP contribution in [0.4, 0.5) is 0 Å². The Labute approximate surface area is 296 Å². The predicted molar refractivity (Wildman–Crippen MR) is 211 cm³/mol. The van der Waals surface area contributed by atoms with E-state index in [2.05, 4.69) is 190 Å². The van der Waals surface area contributed by atoms with Gasteiger partial charge in [-0.3, -0.25) is 9.47 Å². The zero-order valence-corrected chi connectivity index (χ0v) is 28.0. The third kappa shape index (κ3) is 4.27. The molecule has 2 aliphatic heterocycles. The second-order valence-corrected chi connectivity index (χ2v) is 13.9. The van der Waals surface area contributed by atoms with E-state index >= 15 is 0 Å². The van der Waals surface area contributed by atoms with Crippen molar-refractivity contribution in [3.63, 3.8) is 0 Å². The summed E-state index contributed by atoms with van der Waals surface area (Å²) in [5.41, 5.74) is 11.1. The highest BCUT2D eigenvalue weighted by molar-refractivity contribution is 6.17. The summed E-state index contributed by atoms with van der Waals surface area (Å²) in [4.78, 5) is 8.20. The van der Waals surface area contributed by atoms with E-state index in [-0.39, 0.29) is 12.2 Å². The molecule has 7 aromatic carbocycles. The van der Waals surface area contributed by atoms with Gasteiger partial charge in [0, 0.05) is 33.3 Å². The Morgan fingerprint density at radius 2 is 0.902 bits per heavy atom. The van der Waals surface area contributed by atoms with Crippen molar-refractivity contribution in [1.82, 2.24) is 14.0 Å². The largest absolute Gasteiger partial charge is 0.309 e. The molecule has 1 fully saturated rings. The van der Waals surface area contributed by atoms with E-state index in [1.807, 2.05) is 0 Å². The molecule has 2 aliphatic rings. The van der Waals surface area contributed by atoms with Crippen molar-refractivity contribution in [2.24, 2.45) is 4.99 Å². The number of fused-ring (bicyclic) bond motifs is 7. The van der Waals surface area contributed by atoms with Crippen LogP contribution in [0, 0.1) is 0 Å². The Balaban J connectivity index is 1.06. The number of nitrogens with zero attached hydrogens (tertiary/aromatic N) is 4. The van der Waals surface area contributed by atoms with E-state index in [0.29, 0.717) is 6.04 Å². The van der Waals surface area contributed by atoms with Gasteiger partial charge in [0.1, 0.15) is 12.0 Å². The Kier molecular flexibility index (Phi) is 6.25. The topological polar surface area (TPSA) is 25.5 Å². The zero-order valence-electron chi connectivity index (χ0n) is 28.0. The van der Waals surface area contributed by atoms with Crippen molar-refractivity contribution in [3.05, 3.63) is 187 Å². The molecular weight excluding hydrogens is 621 g/mol. The smallest absolute Gasteiger partial charge is 0.131 e. The molecule has 2 aromatic heterocycles. The predicted octanol–water partition coefficient (Wildman–Crippen LogP) is 11.3. The van der Waals surface area contributed by atoms with Crippen LogP contribution in [-0.4, -0.2) is 25.9 Å². The first kappa shape index (κ1) is 28.6. The molecule has 242 valence electrons. The Hall–Kier alpha value is -6.23. The molecule has 1 saturated heterocycles. The molecule has 0 radical (unpaired) electrons. The average molecular weight is 655 g/mol. The van der Waals surface area contributed by atoms with Crippen LogP contribution in [0.3, 0.4) is 0 Å². The van der Waals surface area contributed by atoms with Crippen LogP contribution in [0.5, 0.6) is 0 Å². The van der Waals surface area contributed by atoms with Crippen LogP contribution in [0.25, 0.3) is 60.4 Å². The first-order valence-electron chi connectivity index (χ1n) is 17.9. The molecule has 9 aromatic rings. The molecule has 3 unspecified atom stereocenters. The third-order valence-electron chi connectivity index (χ3n) is 11.2. The maximum atomic E-state index is 5.58. The fourth-order valence-corrected chi connectivity index (χ4v) is 8.86. The minimum Gasteiger partial charge on any atom is -0.309 e. The van der Waals surface area contributed by atoms with Gasteiger partial charge in [-0.2, -0.15) is 0 Å². The monoisotopic (exact) mass is 654 g/mol. The standard InChI is InChI=1S/C47H34N4/c1-4-14-31(15-5-1)44-30-45-47(48-46(51(44)45)32-16-6-2-7-17-32)50-41-23-13-11-21-37(41)39-29-34(25-27-43(39)50)33-24-26-42-38(28-33)36-20-10-12-22-40(36)49(42)35-18-8-3-9-19-35/h1-29,44-46H,30H2. The number of benzene rings is 7. The third-order valence-corrected chi connectivity index (χ3v) is 11.2. The quantitative estimate of drug-likeness (QED) is 0.185. The molecule has 0 amide bonds. The highest BCUT2D eigenvalue weighted by Gasteiger charge is 2.51. The van der Waals surface area contributed by atoms with Crippen molar-refractivity contribution < 1.29 is 0 Å². The highest BCUT2D eigenvalue weighted by atomic mass is 15.4. The van der Waals surface area contributed by atoms with Gasteiger partial charge in [-0.15, -0.1) is 0 Å². The van der Waals surface area contributed by atoms with Gasteiger partial charge < -0.3 is 4.57 Å². The Bertz CT molecular complexity index is 2790. The van der Waals surface area contributed by atoms with Gasteiger partial charge in [-0.05, 0) is 77.2 Å². The fraction of sp³-hybridized carbons (Fsp3) is 0.0851. The summed E-state index contributed by atoms with van der Waals surface area (Å²) in [6.07, 6.45) is 1.03. The van der Waals surface area contributed by atoms with Gasteiger partial charge in [0.05, 0.1) is 28.1 Å². The van der Waals surface area contributed by atoms with E-state index in [4.69, 9.17) is 4.99 Å². The summed E-state index contributed by atoms with van der Waals surface area (Å²) in [6, 6.07) is 64.5. The van der Waals surface area contributed by atoms with Crippen molar-refractivity contribution in [2.75, 3.05) is 0 Å². The molecule has 51 heavy (non-hydrogen) atoms. The molecule has 0 saturated carbocycles. The average Bonchev–Trinajstić information content (AvgIpc) is 3.80. The number of para-hydroxylation sites is 3. The molecule has 0 aliphatic carbocycles. The molecule has 0 spiro atoms. The summed E-state index contributed by atoms with van der Waals surface area (Å²) in [7, 11) is 0. The molecule has 4 nitrogen and oxygen atoms in total. The lowest BCUT2D eigenvalue weighted by molar-refractivity contribution is 0.0266. The summed E-state index contributed by atoms with van der Waals surface area (Å²) < 4.78 is 4.83. The summed E-state index contributed by atoms with van der Waals surface area (Å²) in [6.45, 7) is 0. The lowest BCUT2D eigenvalue weighted by Gasteiger charge is -2.47. The van der Waals surface area contributed by atoms with Crippen molar-refractivity contribution in [2.45, 2.75) is 24.7 Å². The number of rotatable bonds is 4. The minimum absolute atomic E-state index is 0.0228. The Morgan fingerprint density at radius 3 is 1.53 bits per heavy atom. The van der Waals surface area contributed by atoms with Gasteiger partial charge >= 0.3 is 0 Å². The number of hydrogen-bond donors (Lipinski definition) is 0. The first-order valence-corrected chi connectivity index (χ1v) is 17.9. The van der Waals surface area contributed by atoms with Crippen LogP contribution >= 0.6 is 0 Å². The molecule has 4 heterocycles. The summed E-state index contributed by atoms with van der Waals surface area (Å²) >= 11 is 0. The van der Waals surface area contributed by atoms with Gasteiger partial charge in [-0.25, -0.2) is 4.99 Å². The summed E-state index contributed by atoms with van der Waals surface area (Å²) in [5, 5.41) is 5.04. The molecule has 3 atom stereocenters. The fourth-order valence-electron chi connectivity index (χ4n) is 8.86. The number of aliphatic imine (C=N–C) groups is 1. The van der Waals surface area contributed by atoms with Crippen molar-refractivity contribution in [1.29, 1.82) is 0 Å². The SMILES string of the molecule is c1ccc(C2CC3C(n4c5ccccc5c5cc(-c6ccc7c(c6)c6ccccc6n7-c6ccccc6)ccc54)=NC(c4ccccc4)N32)cc1. The number of aromatic nitrogens is 2. The van der Waals surface area contributed by atoms with Crippen LogP contribution < -0.4 is 0 Å². The van der Waals surface area contributed by atoms with Crippen molar-refractivity contribution >= 4 is 49.4 Å². The van der Waals surface area contributed by atoms with Gasteiger partial charge in [0.15, 0.2) is 0 Å². The van der Waals surface area contributed by atoms with Crippen LogP contribution in [0.1, 0.15) is 29.8 Å². The van der Waals surface area contributed by atoms with Gasteiger partial charge in [0.25, 0.3) is 0 Å². The van der Waals surface area contributed by atoms with E-state index in [0.717, 1.165) is 12.3 Å². The second kappa shape index (κ2) is 11.1. The first-order chi connectivity index (χ1) is 25.3. The zero-order chi connectivity index (χ0) is 33.5. The van der Waals surface area contributed by atoms with E-state index in [1.54, 1.807) is 0 Å². The minimum atomic E-state index is -0.0228. The van der Waals surface area contributed by atoms with Gasteiger partial charge in [-0.1, -0.05) is 127 Å². The Morgan fingerprint density at radius 1 is 0.412 bits per heavy atom. The van der Waals surface area contributed by atoms with E-state index in [9.17, 15) is 0 Å². The van der Waals surface area contributed by atoms with Gasteiger partial charge in [0.2, 0.25) is 0 Å². The van der Waals surface area contributed by atoms with Crippen LogP contribution in [-0.2, 0) is 0 Å². The van der Waals surface area contributed by atoms with E-state index in [1.165, 1.54) is 71.6 Å². The molecule has 11 rings (SSSR count).